The van der Waals surface area contributed by atoms with Crippen LogP contribution in [0.4, 0.5) is 0 Å². The van der Waals surface area contributed by atoms with E-state index in [1.165, 1.54) is 6.07 Å². The molecule has 0 radical (unpaired) electrons. The molecule has 0 fully saturated rings. The number of nitrogens with zero attached hydrogens (tertiary/aromatic N) is 1. The Kier molecular flexibility index (Phi) is 5.95. The number of pyridine rings is 1. The number of hydrogen-bond acceptors (Lipinski definition) is 5. The fourth-order valence-corrected chi connectivity index (χ4v) is 2.37. The monoisotopic (exact) mass is 327 g/mol. The van der Waals surface area contributed by atoms with Crippen molar-refractivity contribution in [1.82, 2.24) is 9.71 Å². The Bertz CT molecular complexity index is 565. The highest BCUT2D eigenvalue weighted by molar-refractivity contribution is 7.89. The lowest BCUT2D eigenvalue weighted by atomic mass is 10.5. The Labute approximate surface area is 120 Å². The third kappa shape index (κ3) is 5.29. The van der Waals surface area contributed by atoms with E-state index >= 15 is 0 Å². The smallest absolute Gasteiger partial charge is 0.243 e. The van der Waals surface area contributed by atoms with Gasteiger partial charge in [0.2, 0.25) is 15.9 Å². The molecule has 0 aliphatic heterocycles. The van der Waals surface area contributed by atoms with Crippen LogP contribution in [0.15, 0.2) is 17.2 Å². The van der Waals surface area contributed by atoms with Gasteiger partial charge in [-0.25, -0.2) is 18.1 Å². The van der Waals surface area contributed by atoms with Gasteiger partial charge < -0.3 is 10.5 Å². The summed E-state index contributed by atoms with van der Waals surface area (Å²) in [4.78, 5) is 13.9. The number of carbonyl (C=O) groups is 1. The summed E-state index contributed by atoms with van der Waals surface area (Å²) >= 11 is 11.3. The summed E-state index contributed by atoms with van der Waals surface area (Å²) in [6.45, 7) is -0.275. The van der Waals surface area contributed by atoms with Crippen LogP contribution in [-0.2, 0) is 19.6 Å². The third-order valence-corrected chi connectivity index (χ3v) is 3.98. The molecular weight excluding hydrogens is 317 g/mol. The standard InChI is InChI=1S/C9H11Cl2N3O4S/c10-7-3-6(4-13-9(7)11)19(16,17)14-1-2-18-5-8(12)15/h3-4,14H,1-2,5H2,(H2,12,15). The topological polar surface area (TPSA) is 111 Å². The average molecular weight is 328 g/mol. The second-order valence-electron chi connectivity index (χ2n) is 3.36. The Morgan fingerprint density at radius 2 is 2.16 bits per heavy atom. The Balaban J connectivity index is 2.56. The minimum absolute atomic E-state index is 0.0108. The first-order valence-electron chi connectivity index (χ1n) is 4.99. The zero-order valence-corrected chi connectivity index (χ0v) is 11.9. The number of aromatic nitrogens is 1. The van der Waals surface area contributed by atoms with Crippen molar-refractivity contribution in [2.75, 3.05) is 19.8 Å². The molecule has 0 unspecified atom stereocenters. The maximum atomic E-state index is 11.8. The molecule has 10 heteroatoms. The van der Waals surface area contributed by atoms with Gasteiger partial charge >= 0.3 is 0 Å². The van der Waals surface area contributed by atoms with Crippen LogP contribution in [-0.4, -0.2) is 39.1 Å². The number of ether oxygens (including phenoxy) is 1. The molecule has 0 aliphatic rings. The van der Waals surface area contributed by atoms with Gasteiger partial charge in [0.1, 0.15) is 16.7 Å². The first-order chi connectivity index (χ1) is 8.83. The van der Waals surface area contributed by atoms with Crippen molar-refractivity contribution in [3.63, 3.8) is 0 Å². The van der Waals surface area contributed by atoms with Gasteiger partial charge in [-0.05, 0) is 6.07 Å². The van der Waals surface area contributed by atoms with Crippen molar-refractivity contribution < 1.29 is 17.9 Å². The molecule has 0 saturated carbocycles. The van der Waals surface area contributed by atoms with E-state index in [9.17, 15) is 13.2 Å². The van der Waals surface area contributed by atoms with Crippen molar-refractivity contribution in [3.8, 4) is 0 Å². The van der Waals surface area contributed by atoms with Gasteiger partial charge in [-0.1, -0.05) is 23.2 Å². The zero-order chi connectivity index (χ0) is 14.5. The van der Waals surface area contributed by atoms with Crippen molar-refractivity contribution in [3.05, 3.63) is 22.4 Å². The predicted molar refractivity (Wildman–Crippen MR) is 69.5 cm³/mol. The fraction of sp³-hybridized carbons (Fsp3) is 0.333. The number of nitrogens with one attached hydrogen (secondary N) is 1. The fourth-order valence-electron chi connectivity index (χ4n) is 1.05. The predicted octanol–water partition coefficient (Wildman–Crippen LogP) is 0.169. The second kappa shape index (κ2) is 7.01. The van der Waals surface area contributed by atoms with Crippen molar-refractivity contribution in [2.24, 2.45) is 5.73 Å². The molecule has 0 spiro atoms. The maximum absolute atomic E-state index is 11.8. The Morgan fingerprint density at radius 1 is 1.47 bits per heavy atom. The van der Waals surface area contributed by atoms with Crippen LogP contribution in [0.3, 0.4) is 0 Å². The summed E-state index contributed by atoms with van der Waals surface area (Å²) < 4.78 is 30.6. The van der Waals surface area contributed by atoms with Crippen LogP contribution >= 0.6 is 23.2 Å². The molecule has 0 saturated heterocycles. The van der Waals surface area contributed by atoms with E-state index in [2.05, 4.69) is 9.71 Å². The van der Waals surface area contributed by atoms with Crippen molar-refractivity contribution >= 4 is 39.1 Å². The van der Waals surface area contributed by atoms with Crippen LogP contribution in [0.2, 0.25) is 10.2 Å². The minimum Gasteiger partial charge on any atom is -0.370 e. The van der Waals surface area contributed by atoms with Gasteiger partial charge in [0.05, 0.1) is 11.6 Å². The molecular formula is C9H11Cl2N3O4S. The largest absolute Gasteiger partial charge is 0.370 e. The van der Waals surface area contributed by atoms with E-state index in [1.54, 1.807) is 0 Å². The number of halogens is 2. The molecule has 0 bridgehead atoms. The summed E-state index contributed by atoms with van der Waals surface area (Å²) in [6.07, 6.45) is 1.08. The van der Waals surface area contributed by atoms with Gasteiger partial charge in [-0.15, -0.1) is 0 Å². The highest BCUT2D eigenvalue weighted by Crippen LogP contribution is 2.21. The van der Waals surface area contributed by atoms with Gasteiger partial charge in [0.25, 0.3) is 0 Å². The van der Waals surface area contributed by atoms with Crippen LogP contribution < -0.4 is 10.5 Å². The second-order valence-corrected chi connectivity index (χ2v) is 5.89. The van der Waals surface area contributed by atoms with E-state index < -0.39 is 15.9 Å². The lowest BCUT2D eigenvalue weighted by Crippen LogP contribution is -2.29. The summed E-state index contributed by atoms with van der Waals surface area (Å²) in [6, 6.07) is 1.18. The highest BCUT2D eigenvalue weighted by Gasteiger charge is 2.15. The molecule has 1 rings (SSSR count). The quantitative estimate of drug-likeness (QED) is 0.547. The molecule has 106 valence electrons. The van der Waals surface area contributed by atoms with E-state index in [0.717, 1.165) is 6.20 Å². The molecule has 0 atom stereocenters. The lowest BCUT2D eigenvalue weighted by molar-refractivity contribution is -0.122. The number of primary amides is 1. The van der Waals surface area contributed by atoms with Crippen LogP contribution in [0.5, 0.6) is 0 Å². The molecule has 0 aliphatic carbocycles. The third-order valence-electron chi connectivity index (χ3n) is 1.86. The highest BCUT2D eigenvalue weighted by atomic mass is 35.5. The van der Waals surface area contributed by atoms with E-state index in [1.807, 2.05) is 0 Å². The number of hydrogen-bond donors (Lipinski definition) is 2. The van der Waals surface area contributed by atoms with Crippen LogP contribution in [0.25, 0.3) is 0 Å². The molecule has 1 aromatic heterocycles. The Morgan fingerprint density at radius 3 is 2.74 bits per heavy atom. The van der Waals surface area contributed by atoms with E-state index in [0.29, 0.717) is 0 Å². The van der Waals surface area contributed by atoms with Gasteiger partial charge in [0, 0.05) is 12.7 Å². The summed E-state index contributed by atoms with van der Waals surface area (Å²) in [7, 11) is -3.75. The Hall–Kier alpha value is -0.930. The molecule has 0 aromatic carbocycles. The van der Waals surface area contributed by atoms with Crippen molar-refractivity contribution in [1.29, 1.82) is 0 Å². The van der Waals surface area contributed by atoms with Gasteiger partial charge in [-0.2, -0.15) is 0 Å². The molecule has 1 amide bonds. The molecule has 3 N–H and O–H groups in total. The van der Waals surface area contributed by atoms with Crippen molar-refractivity contribution in [2.45, 2.75) is 4.90 Å². The number of carbonyl (C=O) groups excluding carboxylic acids is 1. The summed E-state index contributed by atoms with van der Waals surface area (Å²) in [5, 5.41) is 0.0555. The molecule has 1 heterocycles. The minimum atomic E-state index is -3.75. The van der Waals surface area contributed by atoms with Gasteiger partial charge in [-0.3, -0.25) is 4.79 Å². The van der Waals surface area contributed by atoms with Crippen LogP contribution in [0.1, 0.15) is 0 Å². The average Bonchev–Trinajstić information content (AvgIpc) is 2.31. The molecule has 1 aromatic rings. The molecule has 7 nitrogen and oxygen atoms in total. The van der Waals surface area contributed by atoms with E-state index in [4.69, 9.17) is 33.7 Å². The maximum Gasteiger partial charge on any atom is 0.243 e. The zero-order valence-electron chi connectivity index (χ0n) is 9.60. The van der Waals surface area contributed by atoms with Crippen LogP contribution in [0, 0.1) is 0 Å². The first-order valence-corrected chi connectivity index (χ1v) is 7.23. The number of sulfonamides is 1. The van der Waals surface area contributed by atoms with E-state index in [-0.39, 0.29) is 34.8 Å². The lowest BCUT2D eigenvalue weighted by Gasteiger charge is -2.07. The molecule has 19 heavy (non-hydrogen) atoms. The summed E-state index contributed by atoms with van der Waals surface area (Å²) in [5.74, 6) is -0.628. The normalized spacial score (nSPS) is 11.5. The first kappa shape index (κ1) is 16.1. The number of rotatable bonds is 7. The number of nitrogens with two attached hydrogens (primary N) is 1. The van der Waals surface area contributed by atoms with Gasteiger partial charge in [0.15, 0.2) is 0 Å². The SMILES string of the molecule is NC(=O)COCCNS(=O)(=O)c1cnc(Cl)c(Cl)c1. The summed E-state index contributed by atoms with van der Waals surface area (Å²) in [5.41, 5.74) is 4.84. The number of amides is 1.